The van der Waals surface area contributed by atoms with Gasteiger partial charge in [0, 0.05) is 31.4 Å². The van der Waals surface area contributed by atoms with Gasteiger partial charge in [0.2, 0.25) is 5.91 Å². The summed E-state index contributed by atoms with van der Waals surface area (Å²) < 4.78 is 28.5. The van der Waals surface area contributed by atoms with E-state index in [1.807, 2.05) is 44.2 Å². The Kier molecular flexibility index (Phi) is 17.4. The number of nitro groups is 1. The number of esters is 1. The lowest BCUT2D eigenvalue weighted by Gasteiger charge is -2.32. The fourth-order valence-electron chi connectivity index (χ4n) is 6.17. The van der Waals surface area contributed by atoms with Crippen LogP contribution in [0.5, 0.6) is 11.5 Å². The summed E-state index contributed by atoms with van der Waals surface area (Å²) in [5.74, 6) is 0.117. The third-order valence-corrected chi connectivity index (χ3v) is 9.10. The number of methoxy groups -OCH3 is 2. The van der Waals surface area contributed by atoms with Crippen LogP contribution in [-0.4, -0.2) is 56.1 Å². The molecule has 4 atom stereocenters. The van der Waals surface area contributed by atoms with E-state index in [0.29, 0.717) is 31.6 Å². The lowest BCUT2D eigenvalue weighted by molar-refractivity contribution is -0.385. The molecule has 1 aliphatic rings. The molecule has 3 rings (SSSR count). The highest BCUT2D eigenvalue weighted by atomic mass is 16.7. The van der Waals surface area contributed by atoms with Crippen LogP contribution in [0.3, 0.4) is 0 Å². The molecule has 0 aromatic heterocycles. The Morgan fingerprint density at radius 3 is 2.41 bits per heavy atom. The van der Waals surface area contributed by atoms with Gasteiger partial charge in [-0.05, 0) is 74.4 Å². The third-order valence-electron chi connectivity index (χ3n) is 9.10. The molecule has 11 nitrogen and oxygen atoms in total. The first-order valence-corrected chi connectivity index (χ1v) is 17.7. The van der Waals surface area contributed by atoms with Crippen molar-refractivity contribution in [3.8, 4) is 11.5 Å². The fraction of sp³-hybridized carbons (Fsp3) is 0.500. The Morgan fingerprint density at radius 1 is 1.04 bits per heavy atom. The second-order valence-corrected chi connectivity index (χ2v) is 13.0. The average Bonchev–Trinajstić information content (AvgIpc) is 3.14. The Hall–Kier alpha value is -4.48. The molecule has 0 unspecified atom stereocenters. The largest absolute Gasteiger partial charge is 0.497 e. The molecule has 0 radical (unpaired) electrons. The molecule has 0 heterocycles. The van der Waals surface area contributed by atoms with Crippen LogP contribution >= 0.6 is 0 Å². The highest BCUT2D eigenvalue weighted by Gasteiger charge is 2.32. The number of carbonyl (C=O) groups is 2. The number of rotatable bonds is 21. The van der Waals surface area contributed by atoms with Gasteiger partial charge in [-0.3, -0.25) is 14.9 Å². The van der Waals surface area contributed by atoms with Crippen LogP contribution in [0.2, 0.25) is 0 Å². The van der Waals surface area contributed by atoms with E-state index in [4.69, 9.17) is 23.7 Å². The summed E-state index contributed by atoms with van der Waals surface area (Å²) in [6.45, 7) is 9.66. The maximum absolute atomic E-state index is 13.4. The normalized spacial score (nSPS) is 16.1. The molecule has 2 aromatic carbocycles. The molecule has 11 heteroatoms. The van der Waals surface area contributed by atoms with Gasteiger partial charge in [-0.2, -0.15) is 0 Å². The summed E-state index contributed by atoms with van der Waals surface area (Å²) >= 11 is 0. The summed E-state index contributed by atoms with van der Waals surface area (Å²) in [6, 6.07) is 11.5. The van der Waals surface area contributed by atoms with Gasteiger partial charge in [0.25, 0.3) is 5.69 Å². The van der Waals surface area contributed by atoms with Gasteiger partial charge in [-0.15, -0.1) is 0 Å². The molecular weight excluding hydrogens is 652 g/mol. The van der Waals surface area contributed by atoms with E-state index in [-0.39, 0.29) is 30.2 Å². The Labute approximate surface area is 302 Å². The summed E-state index contributed by atoms with van der Waals surface area (Å²) in [4.78, 5) is 37.4. The molecular formula is C40H54N2O9. The first-order valence-electron chi connectivity index (χ1n) is 17.7. The molecule has 1 saturated carbocycles. The van der Waals surface area contributed by atoms with Crippen LogP contribution in [0.25, 0.3) is 0 Å². The number of ether oxygens (including phenoxy) is 5. The first-order chi connectivity index (χ1) is 24.6. The van der Waals surface area contributed by atoms with Crippen LogP contribution in [0.1, 0.15) is 76.8 Å². The molecule has 1 fully saturated rings. The van der Waals surface area contributed by atoms with Crippen LogP contribution in [-0.2, 0) is 36.8 Å². The molecule has 0 bridgehead atoms. The zero-order valence-corrected chi connectivity index (χ0v) is 30.6. The van der Waals surface area contributed by atoms with E-state index >= 15 is 0 Å². The van der Waals surface area contributed by atoms with Crippen molar-refractivity contribution in [2.24, 2.45) is 11.8 Å². The third kappa shape index (κ3) is 13.6. The monoisotopic (exact) mass is 706 g/mol. The molecule has 0 aliphatic heterocycles. The first kappa shape index (κ1) is 40.9. The number of nitrogens with one attached hydrogen (secondary N) is 1. The highest BCUT2D eigenvalue weighted by molar-refractivity contribution is 5.85. The summed E-state index contributed by atoms with van der Waals surface area (Å²) in [5, 5.41) is 14.4. The number of hydrogen-bond acceptors (Lipinski definition) is 9. The van der Waals surface area contributed by atoms with Gasteiger partial charge < -0.3 is 29.0 Å². The van der Waals surface area contributed by atoms with E-state index < -0.39 is 29.1 Å². The topological polar surface area (TPSA) is 135 Å². The summed E-state index contributed by atoms with van der Waals surface area (Å²) in [7, 11) is 3.10. The number of hydrogen-bond donors (Lipinski definition) is 1. The van der Waals surface area contributed by atoms with Gasteiger partial charge in [-0.25, -0.2) is 4.79 Å². The van der Waals surface area contributed by atoms with Crippen molar-refractivity contribution in [2.75, 3.05) is 21.0 Å². The van der Waals surface area contributed by atoms with E-state index in [1.54, 1.807) is 38.3 Å². The summed E-state index contributed by atoms with van der Waals surface area (Å²) in [5.41, 5.74) is 2.55. The van der Waals surface area contributed by atoms with Crippen molar-refractivity contribution in [1.29, 1.82) is 0 Å². The lowest BCUT2D eigenvalue weighted by Crippen LogP contribution is -2.45. The number of nitro benzene ring substituents is 1. The predicted octanol–water partition coefficient (Wildman–Crippen LogP) is 7.82. The SMILES string of the molecule is C=C/C=C/C[C@H](OC(=O)[C@@H](C)NC(=O)C1CCCCC1)[C@H](C)[C@@H](OCc1ccc(OC)cc1)/C(C)=C\CCc1cc(OCOC)cc([N+](=O)[O-])c1. The van der Waals surface area contributed by atoms with Crippen LogP contribution in [0.15, 0.2) is 78.9 Å². The molecule has 51 heavy (non-hydrogen) atoms. The average molecular weight is 707 g/mol. The van der Waals surface area contributed by atoms with Gasteiger partial charge >= 0.3 is 5.97 Å². The number of benzene rings is 2. The van der Waals surface area contributed by atoms with Crippen molar-refractivity contribution in [3.05, 3.63) is 100 Å². The molecule has 0 spiro atoms. The molecule has 2 aromatic rings. The van der Waals surface area contributed by atoms with Crippen molar-refractivity contribution in [1.82, 2.24) is 5.32 Å². The number of carbonyl (C=O) groups excluding carboxylic acids is 2. The molecule has 1 N–H and O–H groups in total. The zero-order chi connectivity index (χ0) is 37.2. The molecule has 1 amide bonds. The number of nitrogens with zero attached hydrogens (tertiary/aromatic N) is 1. The van der Waals surface area contributed by atoms with E-state index in [2.05, 4.69) is 18.0 Å². The Morgan fingerprint density at radius 2 is 1.76 bits per heavy atom. The van der Waals surface area contributed by atoms with Gasteiger partial charge in [-0.1, -0.05) is 69.2 Å². The van der Waals surface area contributed by atoms with Crippen LogP contribution < -0.4 is 14.8 Å². The maximum Gasteiger partial charge on any atom is 0.328 e. The number of non-ortho nitro benzene ring substituents is 1. The second-order valence-electron chi connectivity index (χ2n) is 13.0. The maximum atomic E-state index is 13.4. The molecule has 1 aliphatic carbocycles. The number of allylic oxidation sites excluding steroid dienone is 3. The van der Waals surface area contributed by atoms with Gasteiger partial charge in [0.1, 0.15) is 23.6 Å². The fourth-order valence-corrected chi connectivity index (χ4v) is 6.17. The minimum atomic E-state index is -0.805. The quantitative estimate of drug-likeness (QED) is 0.0344. The van der Waals surface area contributed by atoms with Crippen molar-refractivity contribution in [2.45, 2.75) is 97.0 Å². The van der Waals surface area contributed by atoms with Gasteiger partial charge in [0.05, 0.1) is 30.8 Å². The van der Waals surface area contributed by atoms with E-state index in [1.165, 1.54) is 13.2 Å². The van der Waals surface area contributed by atoms with Gasteiger partial charge in [0.15, 0.2) is 6.79 Å². The van der Waals surface area contributed by atoms with E-state index in [0.717, 1.165) is 54.6 Å². The van der Waals surface area contributed by atoms with Crippen LogP contribution in [0, 0.1) is 22.0 Å². The van der Waals surface area contributed by atoms with Crippen LogP contribution in [0.4, 0.5) is 5.69 Å². The molecule has 0 saturated heterocycles. The number of aryl methyl sites for hydroxylation is 1. The Bertz CT molecular complexity index is 1480. The number of amides is 1. The predicted molar refractivity (Wildman–Crippen MR) is 196 cm³/mol. The van der Waals surface area contributed by atoms with Crippen molar-refractivity contribution >= 4 is 17.6 Å². The second kappa shape index (κ2) is 21.7. The standard InChI is InChI=1S/C40H54N2O9/c1-7-8-10-18-37(51-40(44)30(4)41-39(43)33-16-11-9-12-17-33)29(3)38(49-26-31-19-21-35(48-6)22-20-31)28(2)14-13-15-32-23-34(42(45)46)25-36(24-32)50-27-47-5/h7-8,10,14,19-25,29-30,33,37-38H,1,9,11-13,15-18,26-27H2,2-6H3,(H,41,43)/b10-8+,28-14-/t29-,30+,37-,38-/m0/s1. The van der Waals surface area contributed by atoms with Crippen molar-refractivity contribution < 1.29 is 38.2 Å². The lowest BCUT2D eigenvalue weighted by atomic mass is 9.88. The van der Waals surface area contributed by atoms with Crippen molar-refractivity contribution in [3.63, 3.8) is 0 Å². The molecule has 278 valence electrons. The Balaban J connectivity index is 1.83. The summed E-state index contributed by atoms with van der Waals surface area (Å²) in [6.07, 6.45) is 12.7. The minimum absolute atomic E-state index is 0.0237. The highest BCUT2D eigenvalue weighted by Crippen LogP contribution is 2.29. The zero-order valence-electron chi connectivity index (χ0n) is 30.6. The minimum Gasteiger partial charge on any atom is -0.497 e. The smallest absolute Gasteiger partial charge is 0.328 e. The van der Waals surface area contributed by atoms with E-state index in [9.17, 15) is 19.7 Å².